The molecule has 1 heterocycles. The van der Waals surface area contributed by atoms with Gasteiger partial charge in [0.15, 0.2) is 0 Å². The van der Waals surface area contributed by atoms with Gasteiger partial charge in [-0.05, 0) is 36.4 Å². The van der Waals surface area contributed by atoms with Crippen molar-refractivity contribution in [1.29, 1.82) is 0 Å². The second kappa shape index (κ2) is 8.13. The minimum Gasteiger partial charge on any atom is -0.493 e. The Hall–Kier alpha value is -2.11. The number of nitrogens with one attached hydrogen (secondary N) is 1. The van der Waals surface area contributed by atoms with Gasteiger partial charge in [0.25, 0.3) is 0 Å². The highest BCUT2D eigenvalue weighted by Crippen LogP contribution is 2.18. The maximum absolute atomic E-state index is 13.1. The molecule has 0 amide bonds. The van der Waals surface area contributed by atoms with Crippen molar-refractivity contribution in [3.05, 3.63) is 60.4 Å². The van der Waals surface area contributed by atoms with Crippen molar-refractivity contribution in [3.8, 4) is 5.75 Å². The summed E-state index contributed by atoms with van der Waals surface area (Å²) >= 11 is 0. The van der Waals surface area contributed by atoms with Crippen LogP contribution in [0.3, 0.4) is 0 Å². The van der Waals surface area contributed by atoms with E-state index in [9.17, 15) is 9.50 Å². The molecule has 2 atom stereocenters. The van der Waals surface area contributed by atoms with E-state index in [-0.39, 0.29) is 11.9 Å². The summed E-state index contributed by atoms with van der Waals surface area (Å²) in [6, 6.07) is 16.1. The second-order valence-corrected chi connectivity index (χ2v) is 6.00. The standard InChI is InChI=1S/C19H23FN2O2/c20-15-6-8-16(9-7-15)22-12-11-21-18(14-22)19(23)10-13-24-17-4-2-1-3-5-17/h1-9,18-19,21,23H,10-14H2/t18-,19-/m0/s1. The molecule has 2 aromatic rings. The molecule has 0 aromatic heterocycles. The van der Waals surface area contributed by atoms with E-state index in [2.05, 4.69) is 10.2 Å². The number of benzene rings is 2. The minimum absolute atomic E-state index is 0.0248. The number of aliphatic hydroxyl groups excluding tert-OH is 1. The van der Waals surface area contributed by atoms with Gasteiger partial charge in [-0.2, -0.15) is 0 Å². The summed E-state index contributed by atoms with van der Waals surface area (Å²) in [7, 11) is 0. The van der Waals surface area contributed by atoms with Crippen LogP contribution in [0.1, 0.15) is 6.42 Å². The molecule has 4 nitrogen and oxygen atoms in total. The molecule has 0 saturated carbocycles. The van der Waals surface area contributed by atoms with Gasteiger partial charge in [0.2, 0.25) is 0 Å². The summed E-state index contributed by atoms with van der Waals surface area (Å²) in [4.78, 5) is 2.17. The predicted molar refractivity (Wildman–Crippen MR) is 93.0 cm³/mol. The summed E-state index contributed by atoms with van der Waals surface area (Å²) < 4.78 is 18.7. The van der Waals surface area contributed by atoms with Crippen molar-refractivity contribution >= 4 is 5.69 Å². The van der Waals surface area contributed by atoms with Gasteiger partial charge in [-0.1, -0.05) is 18.2 Å². The van der Waals surface area contributed by atoms with Gasteiger partial charge in [0, 0.05) is 31.7 Å². The first-order valence-electron chi connectivity index (χ1n) is 8.32. The lowest BCUT2D eigenvalue weighted by atomic mass is 10.1. The molecule has 5 heteroatoms. The van der Waals surface area contributed by atoms with Crippen molar-refractivity contribution in [2.45, 2.75) is 18.6 Å². The van der Waals surface area contributed by atoms with Crippen LogP contribution in [0.15, 0.2) is 54.6 Å². The van der Waals surface area contributed by atoms with Crippen molar-refractivity contribution < 1.29 is 14.2 Å². The fraction of sp³-hybridized carbons (Fsp3) is 0.368. The Labute approximate surface area is 141 Å². The van der Waals surface area contributed by atoms with Gasteiger partial charge in [-0.25, -0.2) is 4.39 Å². The number of anilines is 1. The smallest absolute Gasteiger partial charge is 0.123 e. The van der Waals surface area contributed by atoms with E-state index >= 15 is 0 Å². The fourth-order valence-corrected chi connectivity index (χ4v) is 2.94. The van der Waals surface area contributed by atoms with E-state index in [0.29, 0.717) is 19.6 Å². The van der Waals surface area contributed by atoms with Crippen molar-refractivity contribution in [2.75, 3.05) is 31.1 Å². The Balaban J connectivity index is 1.49. The number of hydrogen-bond donors (Lipinski definition) is 2. The number of halogens is 1. The molecular formula is C19H23FN2O2. The minimum atomic E-state index is -0.489. The van der Waals surface area contributed by atoms with E-state index in [4.69, 9.17) is 4.74 Å². The fourth-order valence-electron chi connectivity index (χ4n) is 2.94. The number of nitrogens with zero attached hydrogens (tertiary/aromatic N) is 1. The van der Waals surface area contributed by atoms with Crippen LogP contribution in [0.2, 0.25) is 0 Å². The molecular weight excluding hydrogens is 307 g/mol. The number of rotatable bonds is 6. The molecule has 24 heavy (non-hydrogen) atoms. The summed E-state index contributed by atoms with van der Waals surface area (Å²) in [5.74, 6) is 0.581. The maximum atomic E-state index is 13.1. The Kier molecular flexibility index (Phi) is 5.67. The SMILES string of the molecule is O[C@@H](CCOc1ccccc1)[C@@H]1CN(c2ccc(F)cc2)CCN1. The maximum Gasteiger partial charge on any atom is 0.123 e. The first-order valence-corrected chi connectivity index (χ1v) is 8.32. The van der Waals surface area contributed by atoms with Gasteiger partial charge in [-0.15, -0.1) is 0 Å². The molecule has 0 bridgehead atoms. The zero-order valence-corrected chi connectivity index (χ0v) is 13.6. The van der Waals surface area contributed by atoms with Gasteiger partial charge >= 0.3 is 0 Å². The van der Waals surface area contributed by atoms with E-state index in [1.807, 2.05) is 30.3 Å². The molecule has 0 unspecified atom stereocenters. The molecule has 0 spiro atoms. The lowest BCUT2D eigenvalue weighted by molar-refractivity contribution is 0.0977. The normalized spacial score (nSPS) is 19.1. The highest BCUT2D eigenvalue weighted by atomic mass is 19.1. The van der Waals surface area contributed by atoms with Gasteiger partial charge < -0.3 is 20.1 Å². The molecule has 2 N–H and O–H groups in total. The Morgan fingerprint density at radius 2 is 1.92 bits per heavy atom. The van der Waals surface area contributed by atoms with E-state index in [1.54, 1.807) is 12.1 Å². The molecule has 0 radical (unpaired) electrons. The zero-order valence-electron chi connectivity index (χ0n) is 13.6. The largest absolute Gasteiger partial charge is 0.493 e. The topological polar surface area (TPSA) is 44.7 Å². The summed E-state index contributed by atoms with van der Waals surface area (Å²) in [6.45, 7) is 2.80. The van der Waals surface area contributed by atoms with Crippen molar-refractivity contribution in [1.82, 2.24) is 5.32 Å². The molecule has 1 saturated heterocycles. The van der Waals surface area contributed by atoms with Crippen LogP contribution in [0.4, 0.5) is 10.1 Å². The van der Waals surface area contributed by atoms with Crippen LogP contribution in [-0.4, -0.2) is 43.5 Å². The van der Waals surface area contributed by atoms with Crippen LogP contribution in [0.5, 0.6) is 5.75 Å². The number of hydrogen-bond acceptors (Lipinski definition) is 4. The van der Waals surface area contributed by atoms with Crippen molar-refractivity contribution in [3.63, 3.8) is 0 Å². The molecule has 1 aliphatic rings. The highest BCUT2D eigenvalue weighted by molar-refractivity contribution is 5.47. The third-order valence-electron chi connectivity index (χ3n) is 4.29. The third kappa shape index (κ3) is 4.46. The van der Waals surface area contributed by atoms with E-state index < -0.39 is 6.10 Å². The molecule has 2 aromatic carbocycles. The third-order valence-corrected chi connectivity index (χ3v) is 4.29. The van der Waals surface area contributed by atoms with Gasteiger partial charge in [0.1, 0.15) is 11.6 Å². The van der Waals surface area contributed by atoms with Crippen LogP contribution in [-0.2, 0) is 0 Å². The van der Waals surface area contributed by atoms with Crippen LogP contribution >= 0.6 is 0 Å². The molecule has 0 aliphatic carbocycles. The quantitative estimate of drug-likeness (QED) is 0.854. The first kappa shape index (κ1) is 16.7. The zero-order chi connectivity index (χ0) is 16.8. The first-order chi connectivity index (χ1) is 11.7. The number of piperazine rings is 1. The summed E-state index contributed by atoms with van der Waals surface area (Å²) in [5, 5.41) is 13.8. The molecule has 1 aliphatic heterocycles. The van der Waals surface area contributed by atoms with Crippen molar-refractivity contribution in [2.24, 2.45) is 0 Å². The molecule has 3 rings (SSSR count). The monoisotopic (exact) mass is 330 g/mol. The van der Waals surface area contributed by atoms with Crippen LogP contribution in [0.25, 0.3) is 0 Å². The Morgan fingerprint density at radius 3 is 2.67 bits per heavy atom. The molecule has 1 fully saturated rings. The number of aliphatic hydroxyl groups is 1. The van der Waals surface area contributed by atoms with Gasteiger partial charge in [0.05, 0.1) is 18.8 Å². The number of ether oxygens (including phenoxy) is 1. The summed E-state index contributed by atoms with van der Waals surface area (Å²) in [5.41, 5.74) is 0.982. The summed E-state index contributed by atoms with van der Waals surface area (Å²) in [6.07, 6.45) is 0.0704. The van der Waals surface area contributed by atoms with Crippen LogP contribution in [0, 0.1) is 5.82 Å². The Bertz CT molecular complexity index is 621. The van der Waals surface area contributed by atoms with E-state index in [1.165, 1.54) is 12.1 Å². The van der Waals surface area contributed by atoms with E-state index in [0.717, 1.165) is 24.5 Å². The second-order valence-electron chi connectivity index (χ2n) is 6.00. The average molecular weight is 330 g/mol. The lowest BCUT2D eigenvalue weighted by Crippen LogP contribution is -2.56. The number of para-hydroxylation sites is 1. The predicted octanol–water partition coefficient (Wildman–Crippen LogP) is 2.43. The van der Waals surface area contributed by atoms with Crippen LogP contribution < -0.4 is 15.0 Å². The Morgan fingerprint density at radius 1 is 1.17 bits per heavy atom. The molecule has 128 valence electrons. The lowest BCUT2D eigenvalue weighted by Gasteiger charge is -2.37. The highest BCUT2D eigenvalue weighted by Gasteiger charge is 2.25. The average Bonchev–Trinajstić information content (AvgIpc) is 2.63. The van der Waals surface area contributed by atoms with Gasteiger partial charge in [-0.3, -0.25) is 0 Å².